The Balaban J connectivity index is 2.33. The third kappa shape index (κ3) is 2.95. The fourth-order valence-electron chi connectivity index (χ4n) is 1.61. The molecule has 0 aliphatic rings. The number of aliphatic hydroxyl groups is 1. The maximum atomic E-state index is 9.85. The molecule has 2 aromatic rings. The summed E-state index contributed by atoms with van der Waals surface area (Å²) in [6, 6.07) is 19.0. The second-order valence-electron chi connectivity index (χ2n) is 3.89. The Kier molecular flexibility index (Phi) is 4.01. The molecule has 0 aliphatic heterocycles. The van der Waals surface area contributed by atoms with Crippen LogP contribution in [-0.4, -0.2) is 5.11 Å². The number of ether oxygens (including phenoxy) is 1. The fourth-order valence-corrected chi connectivity index (χ4v) is 1.61. The molecule has 1 N–H and O–H groups in total. The second kappa shape index (κ2) is 6.08. The van der Waals surface area contributed by atoms with E-state index in [0.29, 0.717) is 17.1 Å². The molecule has 0 spiro atoms. The van der Waals surface area contributed by atoms with E-state index < -0.39 is 0 Å². The van der Waals surface area contributed by atoms with E-state index in [1.54, 1.807) is 48.5 Å². The van der Waals surface area contributed by atoms with Crippen molar-refractivity contribution in [3.8, 4) is 23.6 Å². The standard InChI is InChI=1S/C16H10N2O2/c17-10-13(11-18)16(19)12-5-4-8-15(9-12)20-14-6-2-1-3-7-14/h1-9,19H. The first kappa shape index (κ1) is 13.2. The van der Waals surface area contributed by atoms with Crippen molar-refractivity contribution >= 4 is 5.76 Å². The van der Waals surface area contributed by atoms with E-state index in [0.717, 1.165) is 0 Å². The molecule has 4 heteroatoms. The van der Waals surface area contributed by atoms with E-state index in [2.05, 4.69) is 0 Å². The molecule has 0 saturated heterocycles. The van der Waals surface area contributed by atoms with Gasteiger partial charge in [-0.3, -0.25) is 0 Å². The maximum Gasteiger partial charge on any atom is 0.171 e. The molecule has 2 rings (SSSR count). The van der Waals surface area contributed by atoms with Crippen LogP contribution in [-0.2, 0) is 0 Å². The summed E-state index contributed by atoms with van der Waals surface area (Å²) in [6.07, 6.45) is 0. The van der Waals surface area contributed by atoms with E-state index in [4.69, 9.17) is 15.3 Å². The van der Waals surface area contributed by atoms with Crippen LogP contribution in [0.1, 0.15) is 5.56 Å². The number of nitrogens with zero attached hydrogens (tertiary/aromatic N) is 2. The molecular formula is C16H10N2O2. The number of aliphatic hydroxyl groups excluding tert-OH is 1. The van der Waals surface area contributed by atoms with Gasteiger partial charge in [0, 0.05) is 5.56 Å². The number of para-hydroxylation sites is 1. The average Bonchev–Trinajstić information content (AvgIpc) is 2.49. The minimum atomic E-state index is -0.353. The molecule has 0 bridgehead atoms. The van der Waals surface area contributed by atoms with Gasteiger partial charge >= 0.3 is 0 Å². The minimum absolute atomic E-state index is 0.332. The first-order valence-electron chi connectivity index (χ1n) is 5.81. The van der Waals surface area contributed by atoms with Gasteiger partial charge in [-0.15, -0.1) is 0 Å². The van der Waals surface area contributed by atoms with Crippen LogP contribution < -0.4 is 4.74 Å². The molecule has 0 atom stereocenters. The highest BCUT2D eigenvalue weighted by atomic mass is 16.5. The Morgan fingerprint density at radius 2 is 1.55 bits per heavy atom. The van der Waals surface area contributed by atoms with Gasteiger partial charge in [0.25, 0.3) is 0 Å². The van der Waals surface area contributed by atoms with Crippen molar-refractivity contribution in [1.82, 2.24) is 0 Å². The Labute approximate surface area is 116 Å². The van der Waals surface area contributed by atoms with Crippen molar-refractivity contribution in [3.63, 3.8) is 0 Å². The lowest BCUT2D eigenvalue weighted by molar-refractivity contribution is 0.479. The largest absolute Gasteiger partial charge is 0.505 e. The molecule has 0 radical (unpaired) electrons. The van der Waals surface area contributed by atoms with Crippen LogP contribution in [0.2, 0.25) is 0 Å². The van der Waals surface area contributed by atoms with Crippen LogP contribution in [0.4, 0.5) is 0 Å². The van der Waals surface area contributed by atoms with Crippen LogP contribution >= 0.6 is 0 Å². The first-order valence-corrected chi connectivity index (χ1v) is 5.81. The summed E-state index contributed by atoms with van der Waals surface area (Å²) >= 11 is 0. The third-order valence-corrected chi connectivity index (χ3v) is 2.55. The molecule has 20 heavy (non-hydrogen) atoms. The number of allylic oxidation sites excluding steroid dienone is 1. The molecule has 4 nitrogen and oxygen atoms in total. The Bertz CT molecular complexity index is 706. The summed E-state index contributed by atoms with van der Waals surface area (Å²) < 4.78 is 5.62. The molecule has 2 aromatic carbocycles. The SMILES string of the molecule is N#CC(C#N)=C(O)c1cccc(Oc2ccccc2)c1. The lowest BCUT2D eigenvalue weighted by Gasteiger charge is -2.07. The molecule has 0 aromatic heterocycles. The monoisotopic (exact) mass is 262 g/mol. The van der Waals surface area contributed by atoms with Gasteiger partial charge < -0.3 is 9.84 Å². The molecule has 0 unspecified atom stereocenters. The number of hydrogen-bond donors (Lipinski definition) is 1. The summed E-state index contributed by atoms with van der Waals surface area (Å²) in [4.78, 5) is 0. The fraction of sp³-hybridized carbons (Fsp3) is 0. The van der Waals surface area contributed by atoms with Gasteiger partial charge in [0.2, 0.25) is 0 Å². The zero-order valence-electron chi connectivity index (χ0n) is 10.4. The second-order valence-corrected chi connectivity index (χ2v) is 3.89. The summed E-state index contributed by atoms with van der Waals surface area (Å²) in [5.74, 6) is 0.818. The van der Waals surface area contributed by atoms with Gasteiger partial charge in [0.15, 0.2) is 11.3 Å². The number of nitriles is 2. The summed E-state index contributed by atoms with van der Waals surface area (Å²) in [5.41, 5.74) is 0.0263. The van der Waals surface area contributed by atoms with Crippen molar-refractivity contribution in [2.24, 2.45) is 0 Å². The van der Waals surface area contributed by atoms with E-state index in [9.17, 15) is 5.11 Å². The lowest BCUT2D eigenvalue weighted by Crippen LogP contribution is -1.90. The zero-order chi connectivity index (χ0) is 14.4. The Morgan fingerprint density at radius 1 is 0.900 bits per heavy atom. The van der Waals surface area contributed by atoms with E-state index >= 15 is 0 Å². The van der Waals surface area contributed by atoms with Gasteiger partial charge in [-0.1, -0.05) is 30.3 Å². The van der Waals surface area contributed by atoms with Crippen molar-refractivity contribution in [1.29, 1.82) is 10.5 Å². The first-order chi connectivity index (χ1) is 9.74. The quantitative estimate of drug-likeness (QED) is 0.674. The predicted molar refractivity (Wildman–Crippen MR) is 73.7 cm³/mol. The molecule has 0 fully saturated rings. The van der Waals surface area contributed by atoms with E-state index in [1.165, 1.54) is 0 Å². The Hall–Kier alpha value is -3.24. The lowest BCUT2D eigenvalue weighted by atomic mass is 10.1. The third-order valence-electron chi connectivity index (χ3n) is 2.55. The topological polar surface area (TPSA) is 77.0 Å². The highest BCUT2D eigenvalue weighted by Crippen LogP contribution is 2.25. The number of rotatable bonds is 3. The van der Waals surface area contributed by atoms with Crippen LogP contribution in [0, 0.1) is 22.7 Å². The molecular weight excluding hydrogens is 252 g/mol. The maximum absolute atomic E-state index is 9.85. The van der Waals surface area contributed by atoms with E-state index in [1.807, 2.05) is 18.2 Å². The molecule has 0 aliphatic carbocycles. The summed E-state index contributed by atoms with van der Waals surface area (Å²) in [7, 11) is 0. The minimum Gasteiger partial charge on any atom is -0.505 e. The van der Waals surface area contributed by atoms with Crippen molar-refractivity contribution in [2.45, 2.75) is 0 Å². The van der Waals surface area contributed by atoms with E-state index in [-0.39, 0.29) is 11.3 Å². The summed E-state index contributed by atoms with van der Waals surface area (Å²) in [6.45, 7) is 0. The number of hydrogen-bond acceptors (Lipinski definition) is 4. The van der Waals surface area contributed by atoms with Crippen molar-refractivity contribution < 1.29 is 9.84 Å². The Morgan fingerprint density at radius 3 is 2.20 bits per heavy atom. The molecule has 0 saturated carbocycles. The molecule has 0 amide bonds. The normalized spacial score (nSPS) is 9.10. The summed E-state index contributed by atoms with van der Waals surface area (Å²) in [5, 5.41) is 27.3. The van der Waals surface area contributed by atoms with Crippen LogP contribution in [0.15, 0.2) is 60.2 Å². The number of benzene rings is 2. The van der Waals surface area contributed by atoms with Gasteiger partial charge in [-0.25, -0.2) is 0 Å². The van der Waals surface area contributed by atoms with Gasteiger partial charge in [0.1, 0.15) is 23.6 Å². The van der Waals surface area contributed by atoms with Crippen LogP contribution in [0.25, 0.3) is 5.76 Å². The van der Waals surface area contributed by atoms with Gasteiger partial charge in [-0.05, 0) is 24.3 Å². The highest BCUT2D eigenvalue weighted by molar-refractivity contribution is 5.70. The van der Waals surface area contributed by atoms with Crippen molar-refractivity contribution in [3.05, 3.63) is 65.7 Å². The van der Waals surface area contributed by atoms with Crippen LogP contribution in [0.5, 0.6) is 11.5 Å². The van der Waals surface area contributed by atoms with Crippen molar-refractivity contribution in [2.75, 3.05) is 0 Å². The smallest absolute Gasteiger partial charge is 0.171 e. The van der Waals surface area contributed by atoms with Gasteiger partial charge in [0.05, 0.1) is 0 Å². The average molecular weight is 262 g/mol. The highest BCUT2D eigenvalue weighted by Gasteiger charge is 2.08. The predicted octanol–water partition coefficient (Wildman–Crippen LogP) is 3.80. The molecule has 0 heterocycles. The van der Waals surface area contributed by atoms with Gasteiger partial charge in [-0.2, -0.15) is 10.5 Å². The van der Waals surface area contributed by atoms with Crippen LogP contribution in [0.3, 0.4) is 0 Å². The zero-order valence-corrected chi connectivity index (χ0v) is 10.4. The molecule has 96 valence electrons.